The summed E-state index contributed by atoms with van der Waals surface area (Å²) in [5.74, 6) is 1.46. The fourth-order valence-electron chi connectivity index (χ4n) is 1.97. The minimum absolute atomic E-state index is 0.189. The molecule has 5 nitrogen and oxygen atoms in total. The summed E-state index contributed by atoms with van der Waals surface area (Å²) in [6, 6.07) is 5.45. The van der Waals surface area contributed by atoms with Crippen molar-refractivity contribution in [3.63, 3.8) is 0 Å². The number of methoxy groups -OCH3 is 4. The Bertz CT molecular complexity index is 344. The van der Waals surface area contributed by atoms with Crippen LogP contribution < -0.4 is 14.8 Å². The molecular weight excluding hydrogens is 234 g/mol. The van der Waals surface area contributed by atoms with Crippen molar-refractivity contribution in [3.05, 3.63) is 23.8 Å². The highest BCUT2D eigenvalue weighted by atomic mass is 16.7. The number of hydrogen-bond acceptors (Lipinski definition) is 5. The smallest absolute Gasteiger partial charge is 0.176 e. The van der Waals surface area contributed by atoms with Crippen LogP contribution >= 0.6 is 0 Å². The van der Waals surface area contributed by atoms with Gasteiger partial charge in [0.1, 0.15) is 11.5 Å². The van der Waals surface area contributed by atoms with E-state index in [9.17, 15) is 0 Å². The predicted octanol–water partition coefficient (Wildman–Crippen LogP) is 1.58. The molecule has 0 amide bonds. The average molecular weight is 255 g/mol. The standard InChI is InChI=1S/C13H21NO4/c1-14-12(13(17-4)18-5)11-9(15-2)7-6-8-10(11)16-3/h6-8,12-14H,1-5H3. The lowest BCUT2D eigenvalue weighted by Crippen LogP contribution is -2.33. The van der Waals surface area contributed by atoms with Crippen molar-refractivity contribution in [3.8, 4) is 11.5 Å². The van der Waals surface area contributed by atoms with Crippen molar-refractivity contribution in [2.75, 3.05) is 35.5 Å². The van der Waals surface area contributed by atoms with Crippen LogP contribution in [0.4, 0.5) is 0 Å². The molecule has 1 N–H and O–H groups in total. The first-order chi connectivity index (χ1) is 8.73. The maximum Gasteiger partial charge on any atom is 0.176 e. The van der Waals surface area contributed by atoms with Crippen molar-refractivity contribution < 1.29 is 18.9 Å². The van der Waals surface area contributed by atoms with E-state index in [4.69, 9.17) is 18.9 Å². The fourth-order valence-corrected chi connectivity index (χ4v) is 1.97. The topological polar surface area (TPSA) is 49.0 Å². The monoisotopic (exact) mass is 255 g/mol. The molecule has 18 heavy (non-hydrogen) atoms. The van der Waals surface area contributed by atoms with Gasteiger partial charge in [-0.25, -0.2) is 0 Å². The van der Waals surface area contributed by atoms with Crippen molar-refractivity contribution >= 4 is 0 Å². The lowest BCUT2D eigenvalue weighted by Gasteiger charge is -2.27. The molecule has 5 heteroatoms. The number of benzene rings is 1. The number of hydrogen-bond donors (Lipinski definition) is 1. The second-order valence-corrected chi connectivity index (χ2v) is 3.68. The van der Waals surface area contributed by atoms with E-state index in [0.717, 1.165) is 17.1 Å². The van der Waals surface area contributed by atoms with Gasteiger partial charge in [-0.3, -0.25) is 0 Å². The molecule has 102 valence electrons. The summed E-state index contributed by atoms with van der Waals surface area (Å²) >= 11 is 0. The van der Waals surface area contributed by atoms with Crippen LogP contribution in [0.5, 0.6) is 11.5 Å². The minimum Gasteiger partial charge on any atom is -0.496 e. The van der Waals surface area contributed by atoms with Crippen LogP contribution in [0, 0.1) is 0 Å². The van der Waals surface area contributed by atoms with Crippen molar-refractivity contribution in [1.82, 2.24) is 5.32 Å². The first-order valence-corrected chi connectivity index (χ1v) is 5.67. The Balaban J connectivity index is 3.25. The van der Waals surface area contributed by atoms with Gasteiger partial charge in [0.25, 0.3) is 0 Å². The second kappa shape index (κ2) is 7.20. The van der Waals surface area contributed by atoms with Crippen LogP contribution in [0.2, 0.25) is 0 Å². The first-order valence-electron chi connectivity index (χ1n) is 5.67. The second-order valence-electron chi connectivity index (χ2n) is 3.68. The van der Waals surface area contributed by atoms with Gasteiger partial charge in [0.15, 0.2) is 6.29 Å². The van der Waals surface area contributed by atoms with Gasteiger partial charge in [-0.2, -0.15) is 0 Å². The molecule has 0 aliphatic heterocycles. The molecule has 0 saturated heterocycles. The van der Waals surface area contributed by atoms with E-state index >= 15 is 0 Å². The maximum atomic E-state index is 5.38. The van der Waals surface area contributed by atoms with Gasteiger partial charge in [0.2, 0.25) is 0 Å². The number of ether oxygens (including phenoxy) is 4. The van der Waals surface area contributed by atoms with Gasteiger partial charge in [0.05, 0.1) is 25.8 Å². The van der Waals surface area contributed by atoms with Crippen LogP contribution in [0.3, 0.4) is 0 Å². The Morgan fingerprint density at radius 2 is 1.44 bits per heavy atom. The summed E-state index contributed by atoms with van der Waals surface area (Å²) < 4.78 is 21.4. The Kier molecular flexibility index (Phi) is 5.91. The molecule has 1 atom stereocenters. The van der Waals surface area contributed by atoms with Gasteiger partial charge in [-0.1, -0.05) is 6.07 Å². The van der Waals surface area contributed by atoms with E-state index in [1.54, 1.807) is 28.4 Å². The molecule has 1 aromatic carbocycles. The Morgan fingerprint density at radius 3 is 1.78 bits per heavy atom. The molecule has 1 rings (SSSR count). The third-order valence-corrected chi connectivity index (χ3v) is 2.82. The number of likely N-dealkylation sites (N-methyl/N-ethyl adjacent to an activating group) is 1. The average Bonchev–Trinajstić information content (AvgIpc) is 2.43. The Hall–Kier alpha value is -1.30. The van der Waals surface area contributed by atoms with Gasteiger partial charge < -0.3 is 24.3 Å². The zero-order valence-corrected chi connectivity index (χ0v) is 11.5. The largest absolute Gasteiger partial charge is 0.496 e. The third kappa shape index (κ3) is 2.93. The third-order valence-electron chi connectivity index (χ3n) is 2.82. The molecule has 1 unspecified atom stereocenters. The van der Waals surface area contributed by atoms with E-state index in [1.165, 1.54) is 0 Å². The first kappa shape index (κ1) is 14.8. The van der Waals surface area contributed by atoms with Crippen LogP contribution in [-0.4, -0.2) is 41.8 Å². The normalized spacial score (nSPS) is 12.6. The molecule has 0 heterocycles. The fraction of sp³-hybridized carbons (Fsp3) is 0.538. The molecule has 0 spiro atoms. The molecule has 1 aromatic rings. The van der Waals surface area contributed by atoms with Crippen LogP contribution in [0.1, 0.15) is 11.6 Å². The lowest BCUT2D eigenvalue weighted by molar-refractivity contribution is -0.123. The van der Waals surface area contributed by atoms with E-state index in [2.05, 4.69) is 5.32 Å². The molecule has 0 saturated carbocycles. The summed E-state index contributed by atoms with van der Waals surface area (Å²) in [5, 5.41) is 3.16. The summed E-state index contributed by atoms with van der Waals surface area (Å²) in [7, 11) is 8.28. The number of rotatable bonds is 7. The van der Waals surface area contributed by atoms with E-state index < -0.39 is 6.29 Å². The quantitative estimate of drug-likeness (QED) is 0.750. The zero-order valence-electron chi connectivity index (χ0n) is 11.5. The van der Waals surface area contributed by atoms with Crippen molar-refractivity contribution in [2.24, 2.45) is 0 Å². The molecule has 0 aliphatic carbocycles. The summed E-state index contributed by atoms with van der Waals surface area (Å²) in [5.41, 5.74) is 0.874. The highest BCUT2D eigenvalue weighted by molar-refractivity contribution is 5.47. The van der Waals surface area contributed by atoms with E-state index in [0.29, 0.717) is 0 Å². The highest BCUT2D eigenvalue weighted by Gasteiger charge is 2.27. The van der Waals surface area contributed by atoms with Crippen LogP contribution in [0.15, 0.2) is 18.2 Å². The van der Waals surface area contributed by atoms with Gasteiger partial charge in [-0.05, 0) is 19.2 Å². The predicted molar refractivity (Wildman–Crippen MR) is 69.2 cm³/mol. The van der Waals surface area contributed by atoms with Gasteiger partial charge in [-0.15, -0.1) is 0 Å². The van der Waals surface area contributed by atoms with Gasteiger partial charge >= 0.3 is 0 Å². The van der Waals surface area contributed by atoms with E-state index in [1.807, 2.05) is 25.2 Å². The maximum absolute atomic E-state index is 5.38. The highest BCUT2D eigenvalue weighted by Crippen LogP contribution is 2.36. The van der Waals surface area contributed by atoms with Crippen molar-refractivity contribution in [2.45, 2.75) is 12.3 Å². The van der Waals surface area contributed by atoms with Gasteiger partial charge in [0, 0.05) is 14.2 Å². The van der Waals surface area contributed by atoms with Crippen LogP contribution in [-0.2, 0) is 9.47 Å². The molecule has 0 fully saturated rings. The Morgan fingerprint density at radius 1 is 0.944 bits per heavy atom. The Labute approximate surface area is 108 Å². The summed E-state index contributed by atoms with van der Waals surface area (Å²) in [6.07, 6.45) is -0.430. The lowest BCUT2D eigenvalue weighted by atomic mass is 10.0. The summed E-state index contributed by atoms with van der Waals surface area (Å²) in [4.78, 5) is 0. The SMILES string of the molecule is CNC(c1c(OC)cccc1OC)C(OC)OC. The molecule has 0 bridgehead atoms. The molecule has 0 radical (unpaired) electrons. The zero-order chi connectivity index (χ0) is 13.5. The summed E-state index contributed by atoms with van der Waals surface area (Å²) in [6.45, 7) is 0. The van der Waals surface area contributed by atoms with E-state index in [-0.39, 0.29) is 6.04 Å². The van der Waals surface area contributed by atoms with Crippen LogP contribution in [0.25, 0.3) is 0 Å². The van der Waals surface area contributed by atoms with Crippen molar-refractivity contribution in [1.29, 1.82) is 0 Å². The molecule has 0 aromatic heterocycles. The molecule has 0 aliphatic rings. The minimum atomic E-state index is -0.430. The molecular formula is C13H21NO4. The number of nitrogens with one attached hydrogen (secondary N) is 1.